The van der Waals surface area contributed by atoms with Crippen LogP contribution in [0, 0.1) is 0 Å². The Balaban J connectivity index is 1.83. The van der Waals surface area contributed by atoms with Crippen LogP contribution in [0.2, 0.25) is 5.02 Å². The molecule has 1 heterocycles. The molecule has 1 saturated heterocycles. The number of hydrogen-bond donors (Lipinski definition) is 1. The smallest absolute Gasteiger partial charge is 0.255 e. The number of benzene rings is 2. The Morgan fingerprint density at radius 3 is 2.76 bits per heavy atom. The highest BCUT2D eigenvalue weighted by molar-refractivity contribution is 6.34. The number of morpholine rings is 1. The van der Waals surface area contributed by atoms with Crippen LogP contribution in [0.15, 0.2) is 42.5 Å². The molecule has 0 spiro atoms. The molecule has 3 rings (SSSR count). The molecule has 0 aromatic heterocycles. The van der Waals surface area contributed by atoms with Crippen molar-refractivity contribution in [3.8, 4) is 5.75 Å². The summed E-state index contributed by atoms with van der Waals surface area (Å²) in [5, 5.41) is 3.59. The van der Waals surface area contributed by atoms with E-state index in [2.05, 4.69) is 10.2 Å². The molecule has 2 aromatic rings. The van der Waals surface area contributed by atoms with E-state index in [0.29, 0.717) is 41.8 Å². The van der Waals surface area contributed by atoms with E-state index in [1.165, 1.54) is 0 Å². The molecule has 0 saturated carbocycles. The molecule has 0 bridgehead atoms. The third-order valence-electron chi connectivity index (χ3n) is 3.97. The first-order valence-corrected chi connectivity index (χ1v) is 8.72. The van der Waals surface area contributed by atoms with Gasteiger partial charge in [-0.2, -0.15) is 0 Å². The van der Waals surface area contributed by atoms with Crippen molar-refractivity contribution < 1.29 is 14.3 Å². The minimum absolute atomic E-state index is 0.196. The minimum Gasteiger partial charge on any atom is -0.494 e. The van der Waals surface area contributed by atoms with Gasteiger partial charge in [-0.3, -0.25) is 4.79 Å². The molecule has 1 aliphatic rings. The van der Waals surface area contributed by atoms with Gasteiger partial charge in [0.2, 0.25) is 0 Å². The summed E-state index contributed by atoms with van der Waals surface area (Å²) in [5.74, 6) is 0.480. The molecule has 0 atom stereocenters. The molecule has 0 radical (unpaired) electrons. The number of rotatable bonds is 5. The van der Waals surface area contributed by atoms with Crippen molar-refractivity contribution in [3.63, 3.8) is 0 Å². The van der Waals surface area contributed by atoms with Crippen molar-refractivity contribution in [1.82, 2.24) is 0 Å². The summed E-state index contributed by atoms with van der Waals surface area (Å²) in [5.41, 5.74) is 2.07. The van der Waals surface area contributed by atoms with Gasteiger partial charge in [0.25, 0.3) is 5.91 Å². The van der Waals surface area contributed by atoms with Crippen LogP contribution in [-0.4, -0.2) is 38.8 Å². The molecule has 1 N–H and O–H groups in total. The van der Waals surface area contributed by atoms with Crippen LogP contribution in [0.1, 0.15) is 17.3 Å². The maximum Gasteiger partial charge on any atom is 0.255 e. The Morgan fingerprint density at radius 1 is 1.24 bits per heavy atom. The number of nitrogens with one attached hydrogen (secondary N) is 1. The second kappa shape index (κ2) is 8.23. The summed E-state index contributed by atoms with van der Waals surface area (Å²) in [6.45, 7) is 5.25. The number of carbonyl (C=O) groups is 1. The lowest BCUT2D eigenvalue weighted by Crippen LogP contribution is -2.37. The van der Waals surface area contributed by atoms with E-state index >= 15 is 0 Å². The van der Waals surface area contributed by atoms with Gasteiger partial charge in [-0.15, -0.1) is 0 Å². The van der Waals surface area contributed by atoms with E-state index in [1.807, 2.05) is 31.2 Å². The molecular formula is C19H21ClN2O3. The van der Waals surface area contributed by atoms with Gasteiger partial charge in [0, 0.05) is 18.7 Å². The van der Waals surface area contributed by atoms with E-state index in [0.717, 1.165) is 18.8 Å². The summed E-state index contributed by atoms with van der Waals surface area (Å²) in [6, 6.07) is 12.7. The predicted molar refractivity (Wildman–Crippen MR) is 100 cm³/mol. The van der Waals surface area contributed by atoms with E-state index in [9.17, 15) is 4.79 Å². The predicted octanol–water partition coefficient (Wildman–Crippen LogP) is 3.83. The molecule has 132 valence electrons. The van der Waals surface area contributed by atoms with Crippen molar-refractivity contribution in [2.45, 2.75) is 6.92 Å². The van der Waals surface area contributed by atoms with Gasteiger partial charge in [0.15, 0.2) is 0 Å². The van der Waals surface area contributed by atoms with Crippen molar-refractivity contribution in [3.05, 3.63) is 53.1 Å². The van der Waals surface area contributed by atoms with Gasteiger partial charge in [-0.25, -0.2) is 0 Å². The number of halogens is 1. The first-order chi connectivity index (χ1) is 12.2. The molecular weight excluding hydrogens is 340 g/mol. The third-order valence-corrected chi connectivity index (χ3v) is 4.27. The second-order valence-corrected chi connectivity index (χ2v) is 6.06. The quantitative estimate of drug-likeness (QED) is 0.880. The van der Waals surface area contributed by atoms with E-state index in [4.69, 9.17) is 21.1 Å². The van der Waals surface area contributed by atoms with Gasteiger partial charge < -0.3 is 19.7 Å². The van der Waals surface area contributed by atoms with Crippen LogP contribution < -0.4 is 15.0 Å². The highest BCUT2D eigenvalue weighted by atomic mass is 35.5. The topological polar surface area (TPSA) is 50.8 Å². The lowest BCUT2D eigenvalue weighted by Gasteiger charge is -2.31. The Hall–Kier alpha value is -2.24. The van der Waals surface area contributed by atoms with Crippen LogP contribution in [-0.2, 0) is 4.74 Å². The summed E-state index contributed by atoms with van der Waals surface area (Å²) < 4.78 is 10.9. The maximum atomic E-state index is 12.7. The molecule has 0 unspecified atom stereocenters. The Morgan fingerprint density at radius 2 is 2.00 bits per heavy atom. The zero-order chi connectivity index (χ0) is 17.6. The Labute approximate surface area is 152 Å². The average Bonchev–Trinajstić information content (AvgIpc) is 2.63. The van der Waals surface area contributed by atoms with Crippen LogP contribution in [0.4, 0.5) is 11.4 Å². The van der Waals surface area contributed by atoms with E-state index < -0.39 is 0 Å². The zero-order valence-electron chi connectivity index (χ0n) is 14.1. The molecule has 0 aliphatic carbocycles. The van der Waals surface area contributed by atoms with Gasteiger partial charge in [0.05, 0.1) is 36.2 Å². The average molecular weight is 361 g/mol. The van der Waals surface area contributed by atoms with Crippen molar-refractivity contribution in [1.29, 1.82) is 0 Å². The SMILES string of the molecule is CCOc1cccc(C(=O)Nc2cccc(Cl)c2N2CCOCC2)c1. The van der Waals surface area contributed by atoms with Crippen LogP contribution in [0.5, 0.6) is 5.75 Å². The third kappa shape index (κ3) is 4.24. The monoisotopic (exact) mass is 360 g/mol. The van der Waals surface area contributed by atoms with Gasteiger partial charge in [0.1, 0.15) is 5.75 Å². The fourth-order valence-electron chi connectivity index (χ4n) is 2.81. The summed E-state index contributed by atoms with van der Waals surface area (Å²) in [4.78, 5) is 14.8. The number of ether oxygens (including phenoxy) is 2. The number of anilines is 2. The molecule has 1 aliphatic heterocycles. The van der Waals surface area contributed by atoms with Gasteiger partial charge >= 0.3 is 0 Å². The maximum absolute atomic E-state index is 12.7. The van der Waals surface area contributed by atoms with Crippen molar-refractivity contribution >= 4 is 28.9 Å². The summed E-state index contributed by atoms with van der Waals surface area (Å²) in [6.07, 6.45) is 0. The minimum atomic E-state index is -0.196. The summed E-state index contributed by atoms with van der Waals surface area (Å²) in [7, 11) is 0. The molecule has 1 fully saturated rings. The zero-order valence-corrected chi connectivity index (χ0v) is 14.9. The summed E-state index contributed by atoms with van der Waals surface area (Å²) >= 11 is 6.40. The highest BCUT2D eigenvalue weighted by Crippen LogP contribution is 2.34. The molecule has 1 amide bonds. The molecule has 2 aromatic carbocycles. The first-order valence-electron chi connectivity index (χ1n) is 8.34. The van der Waals surface area contributed by atoms with Gasteiger partial charge in [-0.1, -0.05) is 23.7 Å². The number of nitrogens with zero attached hydrogens (tertiary/aromatic N) is 1. The van der Waals surface area contributed by atoms with Crippen LogP contribution >= 0.6 is 11.6 Å². The number of hydrogen-bond acceptors (Lipinski definition) is 4. The van der Waals surface area contributed by atoms with Crippen molar-refractivity contribution in [2.24, 2.45) is 0 Å². The first kappa shape index (κ1) is 17.6. The number of amides is 1. The Bertz CT molecular complexity index is 745. The van der Waals surface area contributed by atoms with Crippen molar-refractivity contribution in [2.75, 3.05) is 43.1 Å². The lowest BCUT2D eigenvalue weighted by molar-refractivity contribution is 0.102. The number of carbonyl (C=O) groups excluding carboxylic acids is 1. The largest absolute Gasteiger partial charge is 0.494 e. The van der Waals surface area contributed by atoms with Crippen LogP contribution in [0.3, 0.4) is 0 Å². The Kier molecular flexibility index (Phi) is 5.79. The normalized spacial score (nSPS) is 14.2. The van der Waals surface area contributed by atoms with E-state index in [-0.39, 0.29) is 5.91 Å². The molecule has 5 nitrogen and oxygen atoms in total. The highest BCUT2D eigenvalue weighted by Gasteiger charge is 2.19. The molecule has 6 heteroatoms. The standard InChI is InChI=1S/C19H21ClN2O3/c1-2-25-15-6-3-5-14(13-15)19(23)21-17-8-4-7-16(20)18(17)22-9-11-24-12-10-22/h3-8,13H,2,9-12H2,1H3,(H,21,23). The lowest BCUT2D eigenvalue weighted by atomic mass is 10.1. The van der Waals surface area contributed by atoms with E-state index in [1.54, 1.807) is 18.2 Å². The number of para-hydroxylation sites is 1. The van der Waals surface area contributed by atoms with Gasteiger partial charge in [-0.05, 0) is 37.3 Å². The fraction of sp³-hybridized carbons (Fsp3) is 0.316. The van der Waals surface area contributed by atoms with Crippen LogP contribution in [0.25, 0.3) is 0 Å². The second-order valence-electron chi connectivity index (χ2n) is 5.65. The molecule has 25 heavy (non-hydrogen) atoms. The fourth-order valence-corrected chi connectivity index (χ4v) is 3.11.